The van der Waals surface area contributed by atoms with Gasteiger partial charge < -0.3 is 16.4 Å². The molecular weight excluding hydrogens is 298 g/mol. The second-order valence-corrected chi connectivity index (χ2v) is 7.36. The summed E-state index contributed by atoms with van der Waals surface area (Å²) in [5.74, 6) is 0.232. The van der Waals surface area contributed by atoms with Crippen molar-refractivity contribution in [1.82, 2.24) is 0 Å². The number of nitrogens with two attached hydrogens (primary N) is 1. The Morgan fingerprint density at radius 1 is 1.45 bits per heavy atom. The molecule has 2 aliphatic rings. The third kappa shape index (κ3) is 3.13. The zero-order chi connectivity index (χ0) is 15.7. The lowest BCUT2D eigenvalue weighted by Crippen LogP contribution is -2.51. The number of rotatable bonds is 2. The van der Waals surface area contributed by atoms with Crippen molar-refractivity contribution in [3.8, 4) is 0 Å². The number of hydrogen-bond acceptors (Lipinski definition) is 4. The maximum atomic E-state index is 12.5. The van der Waals surface area contributed by atoms with Gasteiger partial charge in [0.15, 0.2) is 0 Å². The Morgan fingerprint density at radius 3 is 3.05 bits per heavy atom. The molecule has 0 aromatic heterocycles. The average Bonchev–Trinajstić information content (AvgIpc) is 2.46. The van der Waals surface area contributed by atoms with Gasteiger partial charge >= 0.3 is 0 Å². The van der Waals surface area contributed by atoms with Crippen molar-refractivity contribution in [2.75, 3.05) is 16.4 Å². The fraction of sp³-hybridized carbons (Fsp3) is 0.500. The molecule has 1 aromatic carbocycles. The molecule has 3 rings (SSSR count). The third-order valence-corrected chi connectivity index (χ3v) is 5.52. The first-order chi connectivity index (χ1) is 10.5. The number of amides is 2. The lowest BCUT2D eigenvalue weighted by atomic mass is 9.74. The van der Waals surface area contributed by atoms with Crippen molar-refractivity contribution in [3.05, 3.63) is 18.2 Å². The quantitative estimate of drug-likeness (QED) is 0.782. The molecule has 2 atom stereocenters. The molecule has 0 bridgehead atoms. The smallest absolute Gasteiger partial charge is 0.234 e. The highest BCUT2D eigenvalue weighted by atomic mass is 32.2. The van der Waals surface area contributed by atoms with E-state index >= 15 is 0 Å². The van der Waals surface area contributed by atoms with Crippen molar-refractivity contribution in [3.63, 3.8) is 0 Å². The summed E-state index contributed by atoms with van der Waals surface area (Å²) in [5.41, 5.74) is 7.30. The highest BCUT2D eigenvalue weighted by molar-refractivity contribution is 8.00. The molecule has 4 N–H and O–H groups in total. The molecule has 2 unspecified atom stereocenters. The number of anilines is 2. The molecule has 1 saturated carbocycles. The molecule has 22 heavy (non-hydrogen) atoms. The Kier molecular flexibility index (Phi) is 4.14. The Hall–Kier alpha value is -1.53. The lowest BCUT2D eigenvalue weighted by molar-refractivity contribution is -0.122. The van der Waals surface area contributed by atoms with Crippen LogP contribution in [0.5, 0.6) is 0 Å². The van der Waals surface area contributed by atoms with Gasteiger partial charge in [-0.2, -0.15) is 0 Å². The molecule has 1 aliphatic heterocycles. The minimum Gasteiger partial charge on any atom is -0.326 e. The van der Waals surface area contributed by atoms with Crippen molar-refractivity contribution in [1.29, 1.82) is 0 Å². The summed E-state index contributed by atoms with van der Waals surface area (Å²) in [6, 6.07) is 5.61. The molecule has 0 saturated heterocycles. The highest BCUT2D eigenvalue weighted by Gasteiger charge is 2.37. The lowest BCUT2D eigenvalue weighted by Gasteiger charge is -2.37. The number of benzene rings is 1. The van der Waals surface area contributed by atoms with Crippen LogP contribution < -0.4 is 16.4 Å². The number of hydrogen-bond donors (Lipinski definition) is 3. The van der Waals surface area contributed by atoms with Gasteiger partial charge in [-0.25, -0.2) is 0 Å². The summed E-state index contributed by atoms with van der Waals surface area (Å²) in [7, 11) is 0. The summed E-state index contributed by atoms with van der Waals surface area (Å²) in [6.45, 7) is 1.96. The van der Waals surface area contributed by atoms with Crippen molar-refractivity contribution in [2.45, 2.75) is 43.0 Å². The van der Waals surface area contributed by atoms with Crippen LogP contribution in [0.15, 0.2) is 23.1 Å². The zero-order valence-electron chi connectivity index (χ0n) is 12.6. The number of carbonyl (C=O) groups is 2. The Labute approximate surface area is 134 Å². The number of thioether (sulfide) groups is 1. The van der Waals surface area contributed by atoms with Gasteiger partial charge in [0.25, 0.3) is 0 Å². The number of fused-ring (bicyclic) bond motifs is 1. The van der Waals surface area contributed by atoms with Gasteiger partial charge in [-0.15, -0.1) is 11.8 Å². The van der Waals surface area contributed by atoms with E-state index in [0.717, 1.165) is 36.3 Å². The summed E-state index contributed by atoms with van der Waals surface area (Å²) in [5, 5.41) is 5.79. The third-order valence-electron chi connectivity index (χ3n) is 4.45. The normalized spacial score (nSPS) is 27.7. The zero-order valence-corrected chi connectivity index (χ0v) is 13.5. The Morgan fingerprint density at radius 2 is 2.27 bits per heavy atom. The van der Waals surface area contributed by atoms with Gasteiger partial charge in [0.2, 0.25) is 11.8 Å². The van der Waals surface area contributed by atoms with E-state index in [-0.39, 0.29) is 17.7 Å². The minimum absolute atomic E-state index is 0.0113. The largest absolute Gasteiger partial charge is 0.326 e. The molecule has 0 radical (unpaired) electrons. The van der Waals surface area contributed by atoms with E-state index in [1.807, 2.05) is 25.1 Å². The molecule has 0 spiro atoms. The fourth-order valence-electron chi connectivity index (χ4n) is 3.18. The number of nitrogens with one attached hydrogen (secondary N) is 2. The molecule has 1 aliphatic carbocycles. The minimum atomic E-state index is -0.444. The van der Waals surface area contributed by atoms with E-state index in [1.165, 1.54) is 11.8 Å². The van der Waals surface area contributed by atoms with E-state index in [9.17, 15) is 9.59 Å². The molecule has 118 valence electrons. The Balaban J connectivity index is 1.74. The van der Waals surface area contributed by atoms with Crippen LogP contribution in [0, 0.1) is 5.92 Å². The summed E-state index contributed by atoms with van der Waals surface area (Å²) < 4.78 is 0. The van der Waals surface area contributed by atoms with Crippen LogP contribution in [-0.4, -0.2) is 23.1 Å². The van der Waals surface area contributed by atoms with Crippen LogP contribution in [-0.2, 0) is 9.59 Å². The van der Waals surface area contributed by atoms with Gasteiger partial charge in [-0.3, -0.25) is 9.59 Å². The van der Waals surface area contributed by atoms with Crippen molar-refractivity contribution < 1.29 is 9.59 Å². The highest BCUT2D eigenvalue weighted by Crippen LogP contribution is 2.35. The van der Waals surface area contributed by atoms with Gasteiger partial charge in [-0.05, 0) is 38.0 Å². The van der Waals surface area contributed by atoms with E-state index in [2.05, 4.69) is 10.6 Å². The summed E-state index contributed by atoms with van der Waals surface area (Å²) in [4.78, 5) is 25.0. The van der Waals surface area contributed by atoms with Gasteiger partial charge in [0.05, 0.1) is 17.4 Å². The fourth-order valence-corrected chi connectivity index (χ4v) is 3.97. The van der Waals surface area contributed by atoms with Crippen LogP contribution >= 0.6 is 11.8 Å². The predicted molar refractivity (Wildman–Crippen MR) is 89.0 cm³/mol. The van der Waals surface area contributed by atoms with Crippen molar-refractivity contribution >= 4 is 35.0 Å². The van der Waals surface area contributed by atoms with Crippen LogP contribution in [0.2, 0.25) is 0 Å². The van der Waals surface area contributed by atoms with Gasteiger partial charge in [-0.1, -0.05) is 12.8 Å². The van der Waals surface area contributed by atoms with Crippen molar-refractivity contribution in [2.24, 2.45) is 11.7 Å². The molecule has 1 heterocycles. The maximum Gasteiger partial charge on any atom is 0.234 e. The molecule has 6 heteroatoms. The van der Waals surface area contributed by atoms with Crippen LogP contribution in [0.4, 0.5) is 11.4 Å². The first-order valence-electron chi connectivity index (χ1n) is 7.62. The van der Waals surface area contributed by atoms with E-state index in [0.29, 0.717) is 11.4 Å². The molecule has 1 aromatic rings. The predicted octanol–water partition coefficient (Wildman–Crippen LogP) is 2.58. The molecular formula is C16H21N3O2S. The summed E-state index contributed by atoms with van der Waals surface area (Å²) >= 11 is 1.51. The maximum absolute atomic E-state index is 12.5. The topological polar surface area (TPSA) is 84.2 Å². The number of carbonyl (C=O) groups excluding carboxylic acids is 2. The Bertz CT molecular complexity index is 615. The van der Waals surface area contributed by atoms with E-state index < -0.39 is 5.54 Å². The molecule has 1 fully saturated rings. The summed E-state index contributed by atoms with van der Waals surface area (Å²) in [6.07, 6.45) is 3.83. The average molecular weight is 319 g/mol. The van der Waals surface area contributed by atoms with Crippen LogP contribution in [0.25, 0.3) is 0 Å². The second kappa shape index (κ2) is 5.93. The van der Waals surface area contributed by atoms with E-state index in [4.69, 9.17) is 5.73 Å². The standard InChI is InChI=1S/C16H21N3O2S/c1-16(17)7-3-2-4-11(16)15(21)18-10-5-6-13-12(8-10)19-14(20)9-22-13/h5-6,8,11H,2-4,7,9,17H2,1H3,(H,18,21)(H,19,20). The SMILES string of the molecule is CC1(N)CCCCC1C(=O)Nc1ccc2c(c1)NC(=O)CS2. The monoisotopic (exact) mass is 319 g/mol. The van der Waals surface area contributed by atoms with E-state index in [1.54, 1.807) is 0 Å². The van der Waals surface area contributed by atoms with Crippen LogP contribution in [0.3, 0.4) is 0 Å². The molecule has 2 amide bonds. The second-order valence-electron chi connectivity index (χ2n) is 6.34. The van der Waals surface area contributed by atoms with Crippen LogP contribution in [0.1, 0.15) is 32.6 Å². The van der Waals surface area contributed by atoms with Gasteiger partial charge in [0, 0.05) is 16.1 Å². The molecule has 5 nitrogen and oxygen atoms in total. The first-order valence-corrected chi connectivity index (χ1v) is 8.61. The van der Waals surface area contributed by atoms with Gasteiger partial charge in [0.1, 0.15) is 0 Å². The first kappa shape index (κ1) is 15.4.